The Morgan fingerprint density at radius 3 is 2.45 bits per heavy atom. The summed E-state index contributed by atoms with van der Waals surface area (Å²) in [6.45, 7) is 2.85. The van der Waals surface area contributed by atoms with E-state index in [1.165, 1.54) is 33.4 Å². The van der Waals surface area contributed by atoms with E-state index in [9.17, 15) is 0 Å². The SMILES string of the molecule is COc1cc2c3c(c1OC)CN(Cc1ccccc1)CC3c1ccccc1CC2. The number of aryl methyl sites for hydroxylation is 2. The molecule has 3 heteroatoms. The van der Waals surface area contributed by atoms with Gasteiger partial charge >= 0.3 is 0 Å². The van der Waals surface area contributed by atoms with Gasteiger partial charge in [-0.05, 0) is 46.7 Å². The summed E-state index contributed by atoms with van der Waals surface area (Å²) in [5.74, 6) is 2.12. The molecule has 0 bridgehead atoms. The number of hydrogen-bond donors (Lipinski definition) is 0. The zero-order chi connectivity index (χ0) is 19.8. The fourth-order valence-corrected chi connectivity index (χ4v) is 5.16. The third-order valence-electron chi connectivity index (χ3n) is 6.41. The Morgan fingerprint density at radius 2 is 1.66 bits per heavy atom. The highest BCUT2D eigenvalue weighted by atomic mass is 16.5. The van der Waals surface area contributed by atoms with Gasteiger partial charge in [-0.1, -0.05) is 54.6 Å². The molecule has 1 aliphatic carbocycles. The lowest BCUT2D eigenvalue weighted by molar-refractivity contribution is 0.225. The molecule has 1 atom stereocenters. The smallest absolute Gasteiger partial charge is 0.165 e. The summed E-state index contributed by atoms with van der Waals surface area (Å²) in [4.78, 5) is 2.55. The first-order chi connectivity index (χ1) is 14.3. The lowest BCUT2D eigenvalue weighted by Crippen LogP contribution is -2.34. The second-order valence-electron chi connectivity index (χ2n) is 8.07. The summed E-state index contributed by atoms with van der Waals surface area (Å²) in [5.41, 5.74) is 8.47. The third-order valence-corrected chi connectivity index (χ3v) is 6.41. The van der Waals surface area contributed by atoms with Crippen LogP contribution in [0.4, 0.5) is 0 Å². The number of rotatable bonds is 4. The average Bonchev–Trinajstić information content (AvgIpc) is 2.92. The highest BCUT2D eigenvalue weighted by molar-refractivity contribution is 5.60. The number of benzene rings is 3. The van der Waals surface area contributed by atoms with Crippen molar-refractivity contribution < 1.29 is 9.47 Å². The van der Waals surface area contributed by atoms with Gasteiger partial charge in [-0.3, -0.25) is 4.90 Å². The van der Waals surface area contributed by atoms with Crippen molar-refractivity contribution in [1.29, 1.82) is 0 Å². The van der Waals surface area contributed by atoms with E-state index in [2.05, 4.69) is 65.6 Å². The maximum absolute atomic E-state index is 5.88. The van der Waals surface area contributed by atoms with Gasteiger partial charge in [0.15, 0.2) is 11.5 Å². The Labute approximate surface area is 172 Å². The molecule has 3 aromatic carbocycles. The van der Waals surface area contributed by atoms with Gasteiger partial charge in [0.05, 0.1) is 14.2 Å². The molecule has 0 aromatic heterocycles. The Kier molecular flexibility index (Phi) is 4.76. The number of methoxy groups -OCH3 is 2. The molecule has 29 heavy (non-hydrogen) atoms. The van der Waals surface area contributed by atoms with Crippen LogP contribution in [0, 0.1) is 0 Å². The minimum absolute atomic E-state index is 0.371. The molecule has 2 aliphatic rings. The van der Waals surface area contributed by atoms with Crippen molar-refractivity contribution in [2.24, 2.45) is 0 Å². The molecule has 1 heterocycles. The normalized spacial score (nSPS) is 17.8. The Hall–Kier alpha value is -2.78. The average molecular weight is 386 g/mol. The lowest BCUT2D eigenvalue weighted by atomic mass is 9.81. The molecule has 0 fully saturated rings. The lowest BCUT2D eigenvalue weighted by Gasteiger charge is -2.37. The molecular formula is C26H27NO2. The van der Waals surface area contributed by atoms with Crippen LogP contribution in [0.5, 0.6) is 11.5 Å². The van der Waals surface area contributed by atoms with E-state index >= 15 is 0 Å². The van der Waals surface area contributed by atoms with Crippen LogP contribution >= 0.6 is 0 Å². The van der Waals surface area contributed by atoms with Gasteiger partial charge in [0.1, 0.15) is 0 Å². The van der Waals surface area contributed by atoms with Crippen molar-refractivity contribution in [3.8, 4) is 11.5 Å². The van der Waals surface area contributed by atoms with Crippen molar-refractivity contribution >= 4 is 0 Å². The fourth-order valence-electron chi connectivity index (χ4n) is 5.16. The van der Waals surface area contributed by atoms with Crippen molar-refractivity contribution in [1.82, 2.24) is 4.90 Å². The second-order valence-corrected chi connectivity index (χ2v) is 8.07. The standard InChI is InChI=1S/C26H27NO2/c1-28-24-14-20-13-12-19-10-6-7-11-21(19)22-16-27(15-18-8-4-3-5-9-18)17-23(25(20)22)26(24)29-2/h3-11,14,22H,12-13,15-17H2,1-2H3. The Morgan fingerprint density at radius 1 is 0.897 bits per heavy atom. The summed E-state index contributed by atoms with van der Waals surface area (Å²) in [6, 6.07) is 21.9. The molecule has 3 aromatic rings. The molecule has 1 aliphatic heterocycles. The molecule has 148 valence electrons. The molecule has 0 saturated carbocycles. The molecule has 0 amide bonds. The van der Waals surface area contributed by atoms with Gasteiger partial charge in [0.25, 0.3) is 0 Å². The van der Waals surface area contributed by atoms with Crippen LogP contribution in [0.2, 0.25) is 0 Å². The van der Waals surface area contributed by atoms with Crippen LogP contribution in [0.15, 0.2) is 60.7 Å². The highest BCUT2D eigenvalue weighted by Gasteiger charge is 2.35. The van der Waals surface area contributed by atoms with Crippen LogP contribution in [0.25, 0.3) is 0 Å². The van der Waals surface area contributed by atoms with E-state index < -0.39 is 0 Å². The van der Waals surface area contributed by atoms with Crippen LogP contribution in [0.1, 0.15) is 39.3 Å². The largest absolute Gasteiger partial charge is 0.493 e. The fraction of sp³-hybridized carbons (Fsp3) is 0.308. The summed E-state index contributed by atoms with van der Waals surface area (Å²) in [6.07, 6.45) is 2.13. The Balaban J connectivity index is 1.66. The molecule has 1 unspecified atom stereocenters. The minimum Gasteiger partial charge on any atom is -0.493 e. The van der Waals surface area contributed by atoms with E-state index in [-0.39, 0.29) is 0 Å². The number of ether oxygens (including phenoxy) is 2. The maximum atomic E-state index is 5.88. The maximum Gasteiger partial charge on any atom is 0.165 e. The van der Waals surface area contributed by atoms with Crippen molar-refractivity contribution in [3.05, 3.63) is 94.0 Å². The van der Waals surface area contributed by atoms with Crippen LogP contribution in [-0.4, -0.2) is 25.7 Å². The zero-order valence-corrected chi connectivity index (χ0v) is 17.2. The van der Waals surface area contributed by atoms with Crippen molar-refractivity contribution in [3.63, 3.8) is 0 Å². The van der Waals surface area contributed by atoms with Gasteiger partial charge < -0.3 is 9.47 Å². The third kappa shape index (κ3) is 3.20. The van der Waals surface area contributed by atoms with Gasteiger partial charge in [-0.2, -0.15) is 0 Å². The molecule has 0 N–H and O–H groups in total. The number of nitrogens with zero attached hydrogens (tertiary/aromatic N) is 1. The molecule has 3 nitrogen and oxygen atoms in total. The molecular weight excluding hydrogens is 358 g/mol. The topological polar surface area (TPSA) is 21.7 Å². The highest BCUT2D eigenvalue weighted by Crippen LogP contribution is 2.47. The van der Waals surface area contributed by atoms with Crippen LogP contribution < -0.4 is 9.47 Å². The summed E-state index contributed by atoms with van der Waals surface area (Å²) in [5, 5.41) is 0. The molecule has 5 rings (SSSR count). The summed E-state index contributed by atoms with van der Waals surface area (Å²) < 4.78 is 11.6. The van der Waals surface area contributed by atoms with Crippen molar-refractivity contribution in [2.75, 3.05) is 20.8 Å². The number of fused-ring (bicyclic) bond motifs is 2. The minimum atomic E-state index is 0.371. The first-order valence-electron chi connectivity index (χ1n) is 10.4. The van der Waals surface area contributed by atoms with Gasteiger partial charge in [-0.15, -0.1) is 0 Å². The van der Waals surface area contributed by atoms with Crippen molar-refractivity contribution in [2.45, 2.75) is 31.8 Å². The predicted molar refractivity (Wildman–Crippen MR) is 116 cm³/mol. The van der Waals surface area contributed by atoms with E-state index in [1.54, 1.807) is 14.2 Å². The van der Waals surface area contributed by atoms with E-state index in [0.717, 1.165) is 44.0 Å². The van der Waals surface area contributed by atoms with Gasteiger partial charge in [-0.25, -0.2) is 0 Å². The monoisotopic (exact) mass is 385 g/mol. The first kappa shape index (κ1) is 18.3. The van der Waals surface area contributed by atoms with E-state index in [4.69, 9.17) is 9.47 Å². The zero-order valence-electron chi connectivity index (χ0n) is 17.2. The van der Waals surface area contributed by atoms with Gasteiger partial charge in [0.2, 0.25) is 0 Å². The van der Waals surface area contributed by atoms with E-state index in [0.29, 0.717) is 5.92 Å². The summed E-state index contributed by atoms with van der Waals surface area (Å²) in [7, 11) is 3.50. The summed E-state index contributed by atoms with van der Waals surface area (Å²) >= 11 is 0. The quantitative estimate of drug-likeness (QED) is 0.634. The predicted octanol–water partition coefficient (Wildman–Crippen LogP) is 4.95. The van der Waals surface area contributed by atoms with Gasteiger partial charge in [0, 0.05) is 31.1 Å². The van der Waals surface area contributed by atoms with Crippen LogP contribution in [-0.2, 0) is 25.9 Å². The number of hydrogen-bond acceptors (Lipinski definition) is 3. The molecule has 0 spiro atoms. The second kappa shape index (κ2) is 7.57. The first-order valence-corrected chi connectivity index (χ1v) is 10.4. The van der Waals surface area contributed by atoms with E-state index in [1.807, 2.05) is 0 Å². The van der Waals surface area contributed by atoms with Crippen LogP contribution in [0.3, 0.4) is 0 Å². The molecule has 0 radical (unpaired) electrons. The molecule has 0 saturated heterocycles. The Bertz CT molecular complexity index is 1030.